The van der Waals surface area contributed by atoms with Gasteiger partial charge in [-0.15, -0.1) is 5.92 Å². The molecule has 2 rings (SSSR count). The molecule has 24 heavy (non-hydrogen) atoms. The molecular formula is C19H20ClNO3. The number of halogens is 1. The second-order valence-corrected chi connectivity index (χ2v) is 6.67. The molecule has 1 fully saturated rings. The molecule has 0 aromatic heterocycles. The molecule has 5 heteroatoms. The topological polar surface area (TPSA) is 54.5 Å². The fraction of sp³-hybridized carbons (Fsp3) is 0.421. The van der Waals surface area contributed by atoms with Crippen molar-refractivity contribution in [2.24, 2.45) is 5.92 Å². The minimum absolute atomic E-state index is 0.0692. The molecule has 0 heterocycles. The van der Waals surface area contributed by atoms with Gasteiger partial charge in [-0.3, -0.25) is 14.4 Å². The van der Waals surface area contributed by atoms with Crippen LogP contribution < -0.4 is 0 Å². The van der Waals surface area contributed by atoms with E-state index in [1.165, 1.54) is 4.90 Å². The molecule has 0 N–H and O–H groups in total. The third kappa shape index (κ3) is 3.52. The lowest BCUT2D eigenvalue weighted by molar-refractivity contribution is -0.143. The first-order valence-electron chi connectivity index (χ1n) is 7.75. The van der Waals surface area contributed by atoms with E-state index in [2.05, 4.69) is 11.8 Å². The van der Waals surface area contributed by atoms with Gasteiger partial charge >= 0.3 is 0 Å². The maximum absolute atomic E-state index is 12.6. The van der Waals surface area contributed by atoms with Gasteiger partial charge in [-0.1, -0.05) is 17.5 Å². The predicted molar refractivity (Wildman–Crippen MR) is 92.9 cm³/mol. The number of benzene rings is 1. The van der Waals surface area contributed by atoms with Crippen LogP contribution in [-0.4, -0.2) is 36.5 Å². The van der Waals surface area contributed by atoms with E-state index in [4.69, 9.17) is 11.6 Å². The van der Waals surface area contributed by atoms with E-state index >= 15 is 0 Å². The van der Waals surface area contributed by atoms with E-state index in [-0.39, 0.29) is 30.3 Å². The molecule has 1 saturated carbocycles. The normalized spacial score (nSPS) is 20.4. The van der Waals surface area contributed by atoms with Crippen molar-refractivity contribution in [2.75, 3.05) is 14.1 Å². The molecule has 0 radical (unpaired) electrons. The number of nitrogens with zero attached hydrogens (tertiary/aromatic N) is 1. The van der Waals surface area contributed by atoms with Gasteiger partial charge in [0.05, 0.1) is 5.92 Å². The van der Waals surface area contributed by atoms with Crippen molar-refractivity contribution in [3.05, 3.63) is 33.8 Å². The van der Waals surface area contributed by atoms with Crippen LogP contribution >= 0.6 is 11.6 Å². The molecule has 4 nitrogen and oxygen atoms in total. The molecule has 0 atom stereocenters. The summed E-state index contributed by atoms with van der Waals surface area (Å²) in [7, 11) is 3.25. The maximum atomic E-state index is 12.6. The van der Waals surface area contributed by atoms with Crippen molar-refractivity contribution in [3.63, 3.8) is 0 Å². The lowest BCUT2D eigenvalue weighted by Gasteiger charge is -2.28. The summed E-state index contributed by atoms with van der Waals surface area (Å²) in [5, 5.41) is 0.372. The summed E-state index contributed by atoms with van der Waals surface area (Å²) in [6.45, 7) is 3.55. The predicted octanol–water partition coefficient (Wildman–Crippen LogP) is 2.74. The van der Waals surface area contributed by atoms with Gasteiger partial charge in [-0.25, -0.2) is 0 Å². The molecule has 1 aromatic rings. The van der Waals surface area contributed by atoms with Crippen LogP contribution in [0.5, 0.6) is 0 Å². The standard InChI is InChI=1S/C19H20ClNO3/c1-5-6-12-7-11(2)17(14(20)8-12)18-15(22)9-13(10-16(18)23)19(24)21(3)4/h7-8,13,18H,9-10H2,1-4H3. The Morgan fingerprint density at radius 1 is 1.21 bits per heavy atom. The number of aryl methyl sites for hydroxylation is 1. The summed E-state index contributed by atoms with van der Waals surface area (Å²) in [6.07, 6.45) is 0.138. The Kier molecular flexibility index (Phi) is 5.46. The average molecular weight is 346 g/mol. The molecule has 126 valence electrons. The van der Waals surface area contributed by atoms with E-state index in [0.717, 1.165) is 11.1 Å². The fourth-order valence-corrected chi connectivity index (χ4v) is 3.55. The van der Waals surface area contributed by atoms with E-state index in [0.29, 0.717) is 10.6 Å². The van der Waals surface area contributed by atoms with Crippen molar-refractivity contribution in [2.45, 2.75) is 32.6 Å². The molecule has 0 saturated heterocycles. The van der Waals surface area contributed by atoms with Crippen LogP contribution in [0.2, 0.25) is 5.02 Å². The summed E-state index contributed by atoms with van der Waals surface area (Å²) < 4.78 is 0. The van der Waals surface area contributed by atoms with Crippen molar-refractivity contribution < 1.29 is 14.4 Å². The highest BCUT2D eigenvalue weighted by Crippen LogP contribution is 2.37. The monoisotopic (exact) mass is 345 g/mol. The Bertz CT molecular complexity index is 730. The van der Waals surface area contributed by atoms with Crippen LogP contribution in [0.1, 0.15) is 42.4 Å². The summed E-state index contributed by atoms with van der Waals surface area (Å²) in [6, 6.07) is 3.51. The third-order valence-electron chi connectivity index (χ3n) is 4.22. The summed E-state index contributed by atoms with van der Waals surface area (Å²) in [5.74, 6) is 3.59. The maximum Gasteiger partial charge on any atom is 0.226 e. The highest BCUT2D eigenvalue weighted by atomic mass is 35.5. The van der Waals surface area contributed by atoms with Crippen molar-refractivity contribution in [3.8, 4) is 11.8 Å². The second-order valence-electron chi connectivity index (χ2n) is 6.27. The van der Waals surface area contributed by atoms with E-state index in [9.17, 15) is 14.4 Å². The molecule has 0 spiro atoms. The van der Waals surface area contributed by atoms with Crippen LogP contribution in [-0.2, 0) is 14.4 Å². The Labute approximate surface area is 147 Å². The van der Waals surface area contributed by atoms with Crippen molar-refractivity contribution in [1.82, 2.24) is 4.90 Å². The Balaban J connectivity index is 2.37. The van der Waals surface area contributed by atoms with Gasteiger partial charge in [0.2, 0.25) is 5.91 Å². The number of hydrogen-bond donors (Lipinski definition) is 0. The molecule has 1 aromatic carbocycles. The first-order valence-corrected chi connectivity index (χ1v) is 8.13. The minimum atomic E-state index is -0.882. The minimum Gasteiger partial charge on any atom is -0.349 e. The molecule has 0 bridgehead atoms. The van der Waals surface area contributed by atoms with Crippen molar-refractivity contribution >= 4 is 29.1 Å². The number of Topliss-reactive ketones (excluding diaryl/α,β-unsaturated/α-hetero) is 2. The van der Waals surface area contributed by atoms with Crippen LogP contribution in [0.3, 0.4) is 0 Å². The number of carbonyl (C=O) groups excluding carboxylic acids is 3. The molecule has 1 aliphatic carbocycles. The molecular weight excluding hydrogens is 326 g/mol. The summed E-state index contributed by atoms with van der Waals surface area (Å²) in [5.41, 5.74) is 2.06. The number of hydrogen-bond acceptors (Lipinski definition) is 3. The van der Waals surface area contributed by atoms with E-state index in [1.807, 2.05) is 13.0 Å². The van der Waals surface area contributed by atoms with E-state index < -0.39 is 11.8 Å². The second kappa shape index (κ2) is 7.19. The Hall–Kier alpha value is -2.12. The summed E-state index contributed by atoms with van der Waals surface area (Å²) >= 11 is 6.34. The van der Waals surface area contributed by atoms with Gasteiger partial charge in [-0.05, 0) is 37.1 Å². The summed E-state index contributed by atoms with van der Waals surface area (Å²) in [4.78, 5) is 38.6. The zero-order valence-electron chi connectivity index (χ0n) is 14.3. The van der Waals surface area contributed by atoms with Gasteiger partial charge in [-0.2, -0.15) is 0 Å². The third-order valence-corrected chi connectivity index (χ3v) is 4.54. The number of amides is 1. The van der Waals surface area contributed by atoms with Gasteiger partial charge < -0.3 is 4.90 Å². The Morgan fingerprint density at radius 3 is 2.25 bits per heavy atom. The first-order chi connectivity index (χ1) is 11.3. The molecule has 1 aliphatic rings. The van der Waals surface area contributed by atoms with Crippen LogP contribution in [0.4, 0.5) is 0 Å². The zero-order chi connectivity index (χ0) is 18.0. The average Bonchev–Trinajstić information content (AvgIpc) is 2.48. The first kappa shape index (κ1) is 18.2. The van der Waals surface area contributed by atoms with Gasteiger partial charge in [0, 0.05) is 37.5 Å². The SMILES string of the molecule is CC#Cc1cc(C)c(C2C(=O)CC(C(=O)N(C)C)CC2=O)c(Cl)c1. The van der Waals surface area contributed by atoms with Gasteiger partial charge in [0.15, 0.2) is 0 Å². The zero-order valence-corrected chi connectivity index (χ0v) is 15.0. The highest BCUT2D eigenvalue weighted by Gasteiger charge is 2.41. The highest BCUT2D eigenvalue weighted by molar-refractivity contribution is 6.32. The lowest BCUT2D eigenvalue weighted by Crippen LogP contribution is -2.39. The number of rotatable bonds is 2. The number of carbonyl (C=O) groups is 3. The fourth-order valence-electron chi connectivity index (χ4n) is 3.17. The quantitative estimate of drug-likeness (QED) is 0.611. The molecule has 0 aliphatic heterocycles. The van der Waals surface area contributed by atoms with E-state index in [1.54, 1.807) is 27.1 Å². The van der Waals surface area contributed by atoms with Crippen molar-refractivity contribution in [1.29, 1.82) is 0 Å². The van der Waals surface area contributed by atoms with Crippen LogP contribution in [0.15, 0.2) is 12.1 Å². The molecule has 1 amide bonds. The number of ketones is 2. The van der Waals surface area contributed by atoms with Crippen LogP contribution in [0, 0.1) is 24.7 Å². The van der Waals surface area contributed by atoms with Gasteiger partial charge in [0.1, 0.15) is 17.5 Å². The largest absolute Gasteiger partial charge is 0.349 e. The van der Waals surface area contributed by atoms with Crippen LogP contribution in [0.25, 0.3) is 0 Å². The smallest absolute Gasteiger partial charge is 0.226 e. The molecule has 0 unspecified atom stereocenters. The lowest BCUT2D eigenvalue weighted by atomic mass is 9.75. The Morgan fingerprint density at radius 2 is 1.79 bits per heavy atom. The van der Waals surface area contributed by atoms with Gasteiger partial charge in [0.25, 0.3) is 0 Å².